The quantitative estimate of drug-likeness (QED) is 0.685. The van der Waals surface area contributed by atoms with Gasteiger partial charge >= 0.3 is 6.09 Å². The molecule has 0 aromatic heterocycles. The van der Waals surface area contributed by atoms with Crippen LogP contribution in [0.4, 0.5) is 4.79 Å². The van der Waals surface area contributed by atoms with Gasteiger partial charge < -0.3 is 14.5 Å². The second-order valence-corrected chi connectivity index (χ2v) is 3.79. The lowest BCUT2D eigenvalue weighted by Crippen LogP contribution is -2.38. The van der Waals surface area contributed by atoms with E-state index in [4.69, 9.17) is 0 Å². The fraction of sp³-hybridized carbons (Fsp3) is 0.900. The highest BCUT2D eigenvalue weighted by molar-refractivity contribution is 5.66. The number of amides is 1. The Balaban J connectivity index is 2.15. The normalized spacial score (nSPS) is 17.9. The van der Waals surface area contributed by atoms with Gasteiger partial charge in [-0.1, -0.05) is 6.42 Å². The summed E-state index contributed by atoms with van der Waals surface area (Å²) in [7, 11) is 3.19. The largest absolute Gasteiger partial charge is 0.453 e. The van der Waals surface area contributed by atoms with Gasteiger partial charge in [0, 0.05) is 20.1 Å². The van der Waals surface area contributed by atoms with Gasteiger partial charge in [0.1, 0.15) is 0 Å². The Kier molecular flexibility index (Phi) is 4.73. The Hall–Kier alpha value is -0.770. The standard InChI is InChI=1S/C10H20N2O2/c1-11(10(13)14-2)8-9-12-6-4-3-5-7-12/h3-9H2,1-2H3. The van der Waals surface area contributed by atoms with E-state index in [0.29, 0.717) is 0 Å². The molecule has 82 valence electrons. The number of rotatable bonds is 3. The number of ether oxygens (including phenoxy) is 1. The average Bonchev–Trinajstić information content (AvgIpc) is 2.26. The summed E-state index contributed by atoms with van der Waals surface area (Å²) >= 11 is 0. The molecule has 0 aromatic rings. The number of likely N-dealkylation sites (tertiary alicyclic amines) is 1. The number of carbonyl (C=O) groups is 1. The third-order valence-electron chi connectivity index (χ3n) is 2.69. The van der Waals surface area contributed by atoms with Crippen molar-refractivity contribution in [3.05, 3.63) is 0 Å². The number of carbonyl (C=O) groups excluding carboxylic acids is 1. The maximum atomic E-state index is 11.1. The molecule has 0 bridgehead atoms. The van der Waals surface area contributed by atoms with E-state index in [9.17, 15) is 4.79 Å². The molecule has 1 saturated heterocycles. The molecule has 4 nitrogen and oxygen atoms in total. The first-order valence-electron chi connectivity index (χ1n) is 5.25. The van der Waals surface area contributed by atoms with E-state index in [1.165, 1.54) is 39.5 Å². The lowest BCUT2D eigenvalue weighted by Gasteiger charge is -2.28. The first kappa shape index (κ1) is 11.3. The Morgan fingerprint density at radius 1 is 1.36 bits per heavy atom. The zero-order chi connectivity index (χ0) is 10.4. The van der Waals surface area contributed by atoms with Crippen LogP contribution in [0.2, 0.25) is 0 Å². The number of likely N-dealkylation sites (N-methyl/N-ethyl adjacent to an activating group) is 1. The summed E-state index contributed by atoms with van der Waals surface area (Å²) in [5.74, 6) is 0. The third-order valence-corrected chi connectivity index (χ3v) is 2.69. The molecule has 1 amide bonds. The van der Waals surface area contributed by atoms with Crippen molar-refractivity contribution in [1.29, 1.82) is 0 Å². The van der Waals surface area contributed by atoms with Gasteiger partial charge in [0.15, 0.2) is 0 Å². The predicted octanol–water partition coefficient (Wildman–Crippen LogP) is 1.17. The van der Waals surface area contributed by atoms with Gasteiger partial charge in [-0.15, -0.1) is 0 Å². The van der Waals surface area contributed by atoms with Crippen molar-refractivity contribution < 1.29 is 9.53 Å². The number of hydrogen-bond donors (Lipinski definition) is 0. The molecule has 0 radical (unpaired) electrons. The molecule has 1 aliphatic heterocycles. The summed E-state index contributed by atoms with van der Waals surface area (Å²) in [6, 6.07) is 0. The summed E-state index contributed by atoms with van der Waals surface area (Å²) in [6.45, 7) is 4.07. The Labute approximate surface area is 85.8 Å². The lowest BCUT2D eigenvalue weighted by atomic mass is 10.1. The highest BCUT2D eigenvalue weighted by atomic mass is 16.5. The SMILES string of the molecule is COC(=O)N(C)CCN1CCCCC1. The van der Waals surface area contributed by atoms with Gasteiger partial charge in [0.25, 0.3) is 0 Å². The summed E-state index contributed by atoms with van der Waals surface area (Å²) in [4.78, 5) is 15.1. The van der Waals surface area contributed by atoms with Crippen LogP contribution in [-0.4, -0.2) is 56.2 Å². The molecule has 0 unspecified atom stereocenters. The molecule has 1 rings (SSSR count). The molecule has 0 spiro atoms. The fourth-order valence-corrected chi connectivity index (χ4v) is 1.72. The van der Waals surface area contributed by atoms with Crippen molar-refractivity contribution in [2.45, 2.75) is 19.3 Å². The molecular formula is C10H20N2O2. The van der Waals surface area contributed by atoms with Gasteiger partial charge in [-0.05, 0) is 25.9 Å². The minimum atomic E-state index is -0.248. The summed E-state index contributed by atoms with van der Waals surface area (Å²) in [5.41, 5.74) is 0. The first-order chi connectivity index (χ1) is 6.74. The van der Waals surface area contributed by atoms with Crippen LogP contribution >= 0.6 is 0 Å². The van der Waals surface area contributed by atoms with Crippen molar-refractivity contribution in [3.63, 3.8) is 0 Å². The van der Waals surface area contributed by atoms with Gasteiger partial charge in [0.2, 0.25) is 0 Å². The second-order valence-electron chi connectivity index (χ2n) is 3.79. The molecule has 14 heavy (non-hydrogen) atoms. The van der Waals surface area contributed by atoms with Gasteiger partial charge in [-0.25, -0.2) is 4.79 Å². The molecule has 0 saturated carbocycles. The lowest BCUT2D eigenvalue weighted by molar-refractivity contribution is 0.124. The van der Waals surface area contributed by atoms with Crippen molar-refractivity contribution in [1.82, 2.24) is 9.80 Å². The number of hydrogen-bond acceptors (Lipinski definition) is 3. The Morgan fingerprint density at radius 2 is 2.00 bits per heavy atom. The number of nitrogens with zero attached hydrogens (tertiary/aromatic N) is 2. The van der Waals surface area contributed by atoms with Crippen LogP contribution in [-0.2, 0) is 4.74 Å². The van der Waals surface area contributed by atoms with Gasteiger partial charge in [0.05, 0.1) is 7.11 Å². The molecule has 0 N–H and O–H groups in total. The molecular weight excluding hydrogens is 180 g/mol. The highest BCUT2D eigenvalue weighted by Crippen LogP contribution is 2.07. The van der Waals surface area contributed by atoms with E-state index in [2.05, 4.69) is 9.64 Å². The topological polar surface area (TPSA) is 32.8 Å². The fourth-order valence-electron chi connectivity index (χ4n) is 1.72. The second kappa shape index (κ2) is 5.86. The smallest absolute Gasteiger partial charge is 0.409 e. The zero-order valence-corrected chi connectivity index (χ0v) is 9.16. The minimum Gasteiger partial charge on any atom is -0.453 e. The van der Waals surface area contributed by atoms with Crippen molar-refractivity contribution in [3.8, 4) is 0 Å². The van der Waals surface area contributed by atoms with Crippen molar-refractivity contribution in [2.75, 3.05) is 40.3 Å². The van der Waals surface area contributed by atoms with Crippen molar-refractivity contribution >= 4 is 6.09 Å². The van der Waals surface area contributed by atoms with E-state index in [0.717, 1.165) is 13.1 Å². The first-order valence-corrected chi connectivity index (χ1v) is 5.25. The van der Waals surface area contributed by atoms with E-state index in [1.54, 1.807) is 11.9 Å². The van der Waals surface area contributed by atoms with Crippen LogP contribution in [0.25, 0.3) is 0 Å². The zero-order valence-electron chi connectivity index (χ0n) is 9.16. The summed E-state index contributed by atoms with van der Waals surface area (Å²) in [6.07, 6.45) is 3.69. The average molecular weight is 200 g/mol. The molecule has 0 aromatic carbocycles. The monoisotopic (exact) mass is 200 g/mol. The molecule has 4 heteroatoms. The Bertz CT molecular complexity index is 179. The Morgan fingerprint density at radius 3 is 2.57 bits per heavy atom. The molecule has 1 heterocycles. The number of methoxy groups -OCH3 is 1. The van der Waals surface area contributed by atoms with Crippen LogP contribution in [0, 0.1) is 0 Å². The maximum Gasteiger partial charge on any atom is 0.409 e. The van der Waals surface area contributed by atoms with E-state index in [1.807, 2.05) is 0 Å². The predicted molar refractivity (Wildman–Crippen MR) is 55.3 cm³/mol. The highest BCUT2D eigenvalue weighted by Gasteiger charge is 2.12. The minimum absolute atomic E-state index is 0.248. The number of piperidine rings is 1. The van der Waals surface area contributed by atoms with Crippen LogP contribution < -0.4 is 0 Å². The molecule has 0 atom stereocenters. The van der Waals surface area contributed by atoms with Crippen LogP contribution in [0.5, 0.6) is 0 Å². The maximum absolute atomic E-state index is 11.1. The molecule has 0 aliphatic carbocycles. The molecule has 1 fully saturated rings. The van der Waals surface area contributed by atoms with Crippen LogP contribution in [0.3, 0.4) is 0 Å². The van der Waals surface area contributed by atoms with Crippen LogP contribution in [0.15, 0.2) is 0 Å². The van der Waals surface area contributed by atoms with E-state index in [-0.39, 0.29) is 6.09 Å². The van der Waals surface area contributed by atoms with Gasteiger partial charge in [-0.2, -0.15) is 0 Å². The van der Waals surface area contributed by atoms with E-state index >= 15 is 0 Å². The van der Waals surface area contributed by atoms with E-state index < -0.39 is 0 Å². The summed E-state index contributed by atoms with van der Waals surface area (Å²) in [5, 5.41) is 0. The third kappa shape index (κ3) is 3.54. The summed E-state index contributed by atoms with van der Waals surface area (Å²) < 4.78 is 4.62. The van der Waals surface area contributed by atoms with Crippen LogP contribution in [0.1, 0.15) is 19.3 Å². The van der Waals surface area contributed by atoms with Gasteiger partial charge in [-0.3, -0.25) is 0 Å². The molecule has 1 aliphatic rings. The van der Waals surface area contributed by atoms with Crippen molar-refractivity contribution in [2.24, 2.45) is 0 Å².